The van der Waals surface area contributed by atoms with Crippen LogP contribution in [-0.2, 0) is 11.3 Å². The molecule has 0 bridgehead atoms. The van der Waals surface area contributed by atoms with Gasteiger partial charge in [0.15, 0.2) is 5.76 Å². The summed E-state index contributed by atoms with van der Waals surface area (Å²) in [6, 6.07) is 12.3. The van der Waals surface area contributed by atoms with Crippen LogP contribution >= 0.6 is 11.8 Å². The smallest absolute Gasteiger partial charge is 0.287 e. The first kappa shape index (κ1) is 17.1. The van der Waals surface area contributed by atoms with Gasteiger partial charge in [0.25, 0.3) is 5.91 Å². The average molecular weight is 332 g/mol. The number of carbonyl (C=O) groups is 2. The van der Waals surface area contributed by atoms with Crippen molar-refractivity contribution >= 4 is 23.6 Å². The number of furan rings is 1. The van der Waals surface area contributed by atoms with Gasteiger partial charge in [-0.15, -0.1) is 0 Å². The number of nitrogens with one attached hydrogen (secondary N) is 2. The van der Waals surface area contributed by atoms with Gasteiger partial charge in [-0.2, -0.15) is 11.8 Å². The third kappa shape index (κ3) is 5.49. The number of thioether (sulfide) groups is 1. The molecule has 0 radical (unpaired) electrons. The largest absolute Gasteiger partial charge is 0.459 e. The van der Waals surface area contributed by atoms with E-state index in [9.17, 15) is 9.59 Å². The topological polar surface area (TPSA) is 71.3 Å². The molecule has 2 aromatic rings. The molecule has 2 N–H and O–H groups in total. The fourth-order valence-electron chi connectivity index (χ4n) is 2.05. The average Bonchev–Trinajstić information content (AvgIpc) is 3.12. The number of benzene rings is 1. The van der Waals surface area contributed by atoms with Crippen LogP contribution in [0.5, 0.6) is 0 Å². The molecule has 122 valence electrons. The molecule has 5 nitrogen and oxygen atoms in total. The van der Waals surface area contributed by atoms with Crippen molar-refractivity contribution in [2.24, 2.45) is 0 Å². The maximum atomic E-state index is 12.4. The van der Waals surface area contributed by atoms with Gasteiger partial charge < -0.3 is 15.1 Å². The molecule has 0 fully saturated rings. The quantitative estimate of drug-likeness (QED) is 0.779. The van der Waals surface area contributed by atoms with Crippen LogP contribution < -0.4 is 10.6 Å². The zero-order chi connectivity index (χ0) is 16.5. The molecule has 0 aliphatic rings. The Morgan fingerprint density at radius 1 is 1.17 bits per heavy atom. The fraction of sp³-hybridized carbons (Fsp3) is 0.294. The molecule has 1 atom stereocenters. The van der Waals surface area contributed by atoms with Gasteiger partial charge >= 0.3 is 0 Å². The molecular formula is C17H20N2O3S. The minimum absolute atomic E-state index is 0.192. The molecule has 0 spiro atoms. The highest BCUT2D eigenvalue weighted by Crippen LogP contribution is 2.05. The van der Waals surface area contributed by atoms with E-state index >= 15 is 0 Å². The lowest BCUT2D eigenvalue weighted by molar-refractivity contribution is -0.123. The summed E-state index contributed by atoms with van der Waals surface area (Å²) in [5.74, 6) is 0.413. The van der Waals surface area contributed by atoms with Crippen LogP contribution in [0.25, 0.3) is 0 Å². The third-order valence-corrected chi connectivity index (χ3v) is 3.93. The maximum Gasteiger partial charge on any atom is 0.287 e. The summed E-state index contributed by atoms with van der Waals surface area (Å²) in [6.07, 6.45) is 3.96. The van der Waals surface area contributed by atoms with E-state index < -0.39 is 6.04 Å². The van der Waals surface area contributed by atoms with E-state index in [4.69, 9.17) is 4.42 Å². The molecule has 1 heterocycles. The molecule has 0 aliphatic heterocycles. The van der Waals surface area contributed by atoms with E-state index in [-0.39, 0.29) is 17.6 Å². The molecule has 0 saturated heterocycles. The first-order valence-corrected chi connectivity index (χ1v) is 8.75. The van der Waals surface area contributed by atoms with Crippen LogP contribution in [0.1, 0.15) is 22.5 Å². The summed E-state index contributed by atoms with van der Waals surface area (Å²) < 4.78 is 5.06. The van der Waals surface area contributed by atoms with Gasteiger partial charge in [-0.1, -0.05) is 30.3 Å². The van der Waals surface area contributed by atoms with Crippen molar-refractivity contribution < 1.29 is 14.0 Å². The van der Waals surface area contributed by atoms with Crippen molar-refractivity contribution in [1.29, 1.82) is 0 Å². The van der Waals surface area contributed by atoms with E-state index in [0.717, 1.165) is 11.3 Å². The number of carbonyl (C=O) groups excluding carboxylic acids is 2. The van der Waals surface area contributed by atoms with Gasteiger partial charge in [0.1, 0.15) is 6.04 Å². The van der Waals surface area contributed by atoms with Crippen LogP contribution in [-0.4, -0.2) is 29.9 Å². The first-order chi connectivity index (χ1) is 11.2. The first-order valence-electron chi connectivity index (χ1n) is 7.35. The molecule has 1 unspecified atom stereocenters. The number of amides is 2. The minimum Gasteiger partial charge on any atom is -0.459 e. The van der Waals surface area contributed by atoms with Crippen LogP contribution in [0.4, 0.5) is 0 Å². The second kappa shape index (κ2) is 9.05. The van der Waals surface area contributed by atoms with Crippen LogP contribution in [0.15, 0.2) is 53.1 Å². The van der Waals surface area contributed by atoms with Gasteiger partial charge in [0.2, 0.25) is 5.91 Å². The zero-order valence-electron chi connectivity index (χ0n) is 13.0. The van der Waals surface area contributed by atoms with Gasteiger partial charge in [-0.3, -0.25) is 9.59 Å². The number of hydrogen-bond donors (Lipinski definition) is 2. The molecule has 2 amide bonds. The van der Waals surface area contributed by atoms with Gasteiger partial charge in [0.05, 0.1) is 6.26 Å². The summed E-state index contributed by atoms with van der Waals surface area (Å²) in [4.78, 5) is 24.4. The Hall–Kier alpha value is -2.21. The Balaban J connectivity index is 1.93. The normalized spacial score (nSPS) is 11.7. The van der Waals surface area contributed by atoms with E-state index in [1.165, 1.54) is 6.26 Å². The highest BCUT2D eigenvalue weighted by Gasteiger charge is 2.21. The molecule has 6 heteroatoms. The Morgan fingerprint density at radius 2 is 1.96 bits per heavy atom. The fourth-order valence-corrected chi connectivity index (χ4v) is 2.52. The van der Waals surface area contributed by atoms with Crippen molar-refractivity contribution in [3.8, 4) is 0 Å². The minimum atomic E-state index is -0.580. The van der Waals surface area contributed by atoms with Crippen LogP contribution in [0.2, 0.25) is 0 Å². The predicted molar refractivity (Wildman–Crippen MR) is 91.2 cm³/mol. The standard InChI is InChI=1S/C17H20N2O3S/c1-23-11-9-14(19-17(21)15-8-5-10-22-15)16(20)18-12-13-6-3-2-4-7-13/h2-8,10,14H,9,11-12H2,1H3,(H,18,20)(H,19,21). The van der Waals surface area contributed by atoms with Crippen molar-refractivity contribution in [1.82, 2.24) is 10.6 Å². The highest BCUT2D eigenvalue weighted by atomic mass is 32.2. The summed E-state index contributed by atoms with van der Waals surface area (Å²) in [7, 11) is 0. The van der Waals surface area contributed by atoms with Crippen molar-refractivity contribution in [2.75, 3.05) is 12.0 Å². The zero-order valence-corrected chi connectivity index (χ0v) is 13.8. The van der Waals surface area contributed by atoms with Crippen LogP contribution in [0, 0.1) is 0 Å². The lowest BCUT2D eigenvalue weighted by Gasteiger charge is -2.17. The Kier molecular flexibility index (Phi) is 6.75. The predicted octanol–water partition coefficient (Wildman–Crippen LogP) is 2.45. The molecule has 0 aliphatic carbocycles. The van der Waals surface area contributed by atoms with E-state index in [0.29, 0.717) is 13.0 Å². The summed E-state index contributed by atoms with van der Waals surface area (Å²) in [6.45, 7) is 0.437. The van der Waals surface area contributed by atoms with Crippen molar-refractivity contribution in [3.05, 3.63) is 60.1 Å². The lowest BCUT2D eigenvalue weighted by Crippen LogP contribution is -2.46. The second-order valence-electron chi connectivity index (χ2n) is 4.99. The molecule has 1 aromatic heterocycles. The van der Waals surface area contributed by atoms with Gasteiger partial charge in [0, 0.05) is 6.54 Å². The summed E-state index contributed by atoms with van der Waals surface area (Å²) >= 11 is 1.63. The monoisotopic (exact) mass is 332 g/mol. The number of rotatable bonds is 8. The Labute approximate surface area is 139 Å². The Morgan fingerprint density at radius 3 is 2.61 bits per heavy atom. The van der Waals surface area contributed by atoms with Crippen molar-refractivity contribution in [3.63, 3.8) is 0 Å². The highest BCUT2D eigenvalue weighted by molar-refractivity contribution is 7.98. The van der Waals surface area contributed by atoms with Gasteiger partial charge in [-0.25, -0.2) is 0 Å². The lowest BCUT2D eigenvalue weighted by atomic mass is 10.2. The number of hydrogen-bond acceptors (Lipinski definition) is 4. The summed E-state index contributed by atoms with van der Waals surface area (Å²) in [5, 5.41) is 5.60. The van der Waals surface area contributed by atoms with Crippen LogP contribution in [0.3, 0.4) is 0 Å². The van der Waals surface area contributed by atoms with E-state index in [1.54, 1.807) is 23.9 Å². The second-order valence-corrected chi connectivity index (χ2v) is 5.97. The Bertz CT molecular complexity index is 614. The van der Waals surface area contributed by atoms with E-state index in [1.807, 2.05) is 36.6 Å². The third-order valence-electron chi connectivity index (χ3n) is 3.29. The molecule has 2 rings (SSSR count). The molecule has 23 heavy (non-hydrogen) atoms. The molecule has 0 saturated carbocycles. The SMILES string of the molecule is CSCCC(NC(=O)c1ccco1)C(=O)NCc1ccccc1. The summed E-state index contributed by atoms with van der Waals surface area (Å²) in [5.41, 5.74) is 1.02. The molecule has 1 aromatic carbocycles. The molecular weight excluding hydrogens is 312 g/mol. The van der Waals surface area contributed by atoms with Crippen molar-refractivity contribution in [2.45, 2.75) is 19.0 Å². The maximum absolute atomic E-state index is 12.4. The van der Waals surface area contributed by atoms with E-state index in [2.05, 4.69) is 10.6 Å². The van der Waals surface area contributed by atoms with Gasteiger partial charge in [-0.05, 0) is 36.1 Å².